The number of rotatable bonds is 6. The Morgan fingerprint density at radius 3 is 2.47 bits per heavy atom. The summed E-state index contributed by atoms with van der Waals surface area (Å²) in [6, 6.07) is 8.28. The second-order valence-corrected chi connectivity index (χ2v) is 5.35. The Morgan fingerprint density at radius 2 is 1.79 bits per heavy atom. The Balaban J connectivity index is 1.82. The highest BCUT2D eigenvalue weighted by molar-refractivity contribution is 6.17. The van der Waals surface area contributed by atoms with Crippen LogP contribution in [-0.4, -0.2) is 55.5 Å². The molecule has 1 fully saturated rings. The van der Waals surface area contributed by atoms with Crippen LogP contribution in [0.5, 0.6) is 5.75 Å². The highest BCUT2D eigenvalue weighted by atomic mass is 35.5. The van der Waals surface area contributed by atoms with E-state index >= 15 is 0 Å². The first kappa shape index (κ1) is 14.6. The maximum atomic E-state index is 5.74. The molecule has 0 radical (unpaired) electrons. The molecule has 0 unspecified atom stereocenters. The van der Waals surface area contributed by atoms with Gasteiger partial charge in [-0.15, -0.1) is 11.6 Å². The Bertz CT molecular complexity index is 378. The Morgan fingerprint density at radius 1 is 1.11 bits per heavy atom. The average molecular weight is 283 g/mol. The van der Waals surface area contributed by atoms with E-state index < -0.39 is 0 Å². The van der Waals surface area contributed by atoms with Crippen LogP contribution in [0.25, 0.3) is 0 Å². The van der Waals surface area contributed by atoms with E-state index in [-0.39, 0.29) is 0 Å². The number of alkyl halides is 1. The number of halogens is 1. The van der Waals surface area contributed by atoms with Gasteiger partial charge in [0, 0.05) is 44.2 Å². The molecule has 1 aliphatic heterocycles. The third-order valence-corrected chi connectivity index (χ3v) is 3.93. The molecule has 1 aromatic carbocycles. The van der Waals surface area contributed by atoms with E-state index in [1.165, 1.54) is 5.56 Å². The van der Waals surface area contributed by atoms with Crippen molar-refractivity contribution in [1.29, 1.82) is 0 Å². The summed E-state index contributed by atoms with van der Waals surface area (Å²) >= 11 is 5.74. The molecule has 1 heterocycles. The maximum absolute atomic E-state index is 5.74. The maximum Gasteiger partial charge on any atom is 0.123 e. The molecule has 0 aliphatic carbocycles. The van der Waals surface area contributed by atoms with Gasteiger partial charge in [-0.3, -0.25) is 4.90 Å². The second kappa shape index (κ2) is 7.73. The molecule has 2 rings (SSSR count). The lowest BCUT2D eigenvalue weighted by Gasteiger charge is -2.34. The number of para-hydroxylation sites is 1. The smallest absolute Gasteiger partial charge is 0.123 e. The summed E-state index contributed by atoms with van der Waals surface area (Å²) in [5.74, 6) is 1.76. The number of hydrogen-bond donors (Lipinski definition) is 0. The standard InChI is InChI=1S/C15H23ClN2O/c1-19-15-6-3-2-5-14(15)13-18-11-9-17(10-12-18)8-4-7-16/h2-3,5-6H,4,7-13H2,1H3. The van der Waals surface area contributed by atoms with E-state index in [1.54, 1.807) is 7.11 Å². The second-order valence-electron chi connectivity index (χ2n) is 4.97. The number of methoxy groups -OCH3 is 1. The molecule has 0 aromatic heterocycles. The molecule has 106 valence electrons. The highest BCUT2D eigenvalue weighted by Crippen LogP contribution is 2.19. The molecule has 0 amide bonds. The van der Waals surface area contributed by atoms with Crippen LogP contribution in [0, 0.1) is 0 Å². The van der Waals surface area contributed by atoms with Gasteiger partial charge < -0.3 is 9.64 Å². The minimum atomic E-state index is 0.765. The summed E-state index contributed by atoms with van der Waals surface area (Å²) in [6.45, 7) is 6.65. The van der Waals surface area contributed by atoms with Crippen LogP contribution in [0.1, 0.15) is 12.0 Å². The summed E-state index contributed by atoms with van der Waals surface area (Å²) in [4.78, 5) is 5.00. The van der Waals surface area contributed by atoms with Crippen molar-refractivity contribution in [3.05, 3.63) is 29.8 Å². The van der Waals surface area contributed by atoms with Gasteiger partial charge in [-0.2, -0.15) is 0 Å². The van der Waals surface area contributed by atoms with Gasteiger partial charge in [0.2, 0.25) is 0 Å². The quantitative estimate of drug-likeness (QED) is 0.746. The Kier molecular flexibility index (Phi) is 5.95. The lowest BCUT2D eigenvalue weighted by Crippen LogP contribution is -2.46. The lowest BCUT2D eigenvalue weighted by molar-refractivity contribution is 0.126. The van der Waals surface area contributed by atoms with E-state index in [9.17, 15) is 0 Å². The van der Waals surface area contributed by atoms with Crippen molar-refractivity contribution in [2.45, 2.75) is 13.0 Å². The normalized spacial score (nSPS) is 17.6. The van der Waals surface area contributed by atoms with Crippen molar-refractivity contribution in [3.8, 4) is 5.75 Å². The molecule has 1 aromatic rings. The zero-order chi connectivity index (χ0) is 13.5. The van der Waals surface area contributed by atoms with Gasteiger partial charge in [0.1, 0.15) is 5.75 Å². The van der Waals surface area contributed by atoms with Gasteiger partial charge >= 0.3 is 0 Å². The number of ether oxygens (including phenoxy) is 1. The van der Waals surface area contributed by atoms with Crippen LogP contribution >= 0.6 is 11.6 Å². The zero-order valence-electron chi connectivity index (χ0n) is 11.6. The van der Waals surface area contributed by atoms with E-state index in [1.807, 2.05) is 12.1 Å². The molecule has 1 aliphatic rings. The molecule has 0 saturated carbocycles. The Labute approximate surface area is 121 Å². The first-order valence-electron chi connectivity index (χ1n) is 6.96. The lowest BCUT2D eigenvalue weighted by atomic mass is 10.1. The van der Waals surface area contributed by atoms with Crippen molar-refractivity contribution < 1.29 is 4.74 Å². The van der Waals surface area contributed by atoms with Crippen LogP contribution in [-0.2, 0) is 6.54 Å². The van der Waals surface area contributed by atoms with Crippen LogP contribution < -0.4 is 4.74 Å². The van der Waals surface area contributed by atoms with Crippen molar-refractivity contribution in [1.82, 2.24) is 9.80 Å². The van der Waals surface area contributed by atoms with Gasteiger partial charge in [0.15, 0.2) is 0 Å². The minimum absolute atomic E-state index is 0.765. The SMILES string of the molecule is COc1ccccc1CN1CCN(CCCCl)CC1. The van der Waals surface area contributed by atoms with Crippen molar-refractivity contribution in [3.63, 3.8) is 0 Å². The number of benzene rings is 1. The van der Waals surface area contributed by atoms with Crippen molar-refractivity contribution in [2.75, 3.05) is 45.7 Å². The van der Waals surface area contributed by atoms with Gasteiger partial charge in [-0.1, -0.05) is 18.2 Å². The molecule has 0 N–H and O–H groups in total. The van der Waals surface area contributed by atoms with E-state index in [2.05, 4.69) is 21.9 Å². The molecule has 0 bridgehead atoms. The van der Waals surface area contributed by atoms with Gasteiger partial charge in [-0.25, -0.2) is 0 Å². The number of nitrogens with zero attached hydrogens (tertiary/aromatic N) is 2. The minimum Gasteiger partial charge on any atom is -0.496 e. The van der Waals surface area contributed by atoms with Gasteiger partial charge in [-0.05, 0) is 19.0 Å². The zero-order valence-corrected chi connectivity index (χ0v) is 12.4. The fourth-order valence-electron chi connectivity index (χ4n) is 2.53. The summed E-state index contributed by atoms with van der Waals surface area (Å²) in [5, 5.41) is 0. The fourth-order valence-corrected chi connectivity index (χ4v) is 2.65. The first-order valence-corrected chi connectivity index (χ1v) is 7.49. The topological polar surface area (TPSA) is 15.7 Å². The van der Waals surface area contributed by atoms with Gasteiger partial charge in [0.05, 0.1) is 7.11 Å². The largest absolute Gasteiger partial charge is 0.496 e. The molecule has 3 nitrogen and oxygen atoms in total. The monoisotopic (exact) mass is 282 g/mol. The van der Waals surface area contributed by atoms with Gasteiger partial charge in [0.25, 0.3) is 0 Å². The van der Waals surface area contributed by atoms with E-state index in [0.29, 0.717) is 0 Å². The van der Waals surface area contributed by atoms with E-state index in [0.717, 1.165) is 57.3 Å². The average Bonchev–Trinajstić information content (AvgIpc) is 2.47. The molecule has 19 heavy (non-hydrogen) atoms. The van der Waals surface area contributed by atoms with E-state index in [4.69, 9.17) is 16.3 Å². The van der Waals surface area contributed by atoms with Crippen LogP contribution in [0.3, 0.4) is 0 Å². The molecular formula is C15H23ClN2O. The van der Waals surface area contributed by atoms with Crippen LogP contribution in [0.2, 0.25) is 0 Å². The molecular weight excluding hydrogens is 260 g/mol. The van der Waals surface area contributed by atoms with Crippen LogP contribution in [0.15, 0.2) is 24.3 Å². The summed E-state index contributed by atoms with van der Waals surface area (Å²) < 4.78 is 5.41. The predicted molar refractivity (Wildman–Crippen MR) is 80.0 cm³/mol. The molecule has 0 atom stereocenters. The summed E-state index contributed by atoms with van der Waals surface area (Å²) in [6.07, 6.45) is 1.09. The highest BCUT2D eigenvalue weighted by Gasteiger charge is 2.17. The summed E-state index contributed by atoms with van der Waals surface area (Å²) in [5.41, 5.74) is 1.28. The Hall–Kier alpha value is -0.770. The molecule has 1 saturated heterocycles. The fraction of sp³-hybridized carbons (Fsp3) is 0.600. The molecule has 0 spiro atoms. The number of hydrogen-bond acceptors (Lipinski definition) is 3. The van der Waals surface area contributed by atoms with Crippen LogP contribution in [0.4, 0.5) is 0 Å². The predicted octanol–water partition coefficient (Wildman–Crippen LogP) is 2.44. The summed E-state index contributed by atoms with van der Waals surface area (Å²) in [7, 11) is 1.74. The third-order valence-electron chi connectivity index (χ3n) is 3.66. The van der Waals surface area contributed by atoms with Crippen molar-refractivity contribution in [2.24, 2.45) is 0 Å². The number of piperazine rings is 1. The molecule has 4 heteroatoms. The first-order chi connectivity index (χ1) is 9.33. The van der Waals surface area contributed by atoms with Crippen molar-refractivity contribution >= 4 is 11.6 Å². The third kappa shape index (κ3) is 4.37.